The van der Waals surface area contributed by atoms with Crippen LogP contribution in [-0.4, -0.2) is 48.8 Å². The van der Waals surface area contributed by atoms with Gasteiger partial charge in [0.15, 0.2) is 17.6 Å². The molecular weight excluding hydrogens is 504 g/mol. The summed E-state index contributed by atoms with van der Waals surface area (Å²) >= 11 is 9.86. The summed E-state index contributed by atoms with van der Waals surface area (Å²) in [5, 5.41) is 5.29. The Bertz CT molecular complexity index is 1010. The molecule has 1 heterocycles. The summed E-state index contributed by atoms with van der Waals surface area (Å²) in [7, 11) is 1.43. The highest BCUT2D eigenvalue weighted by Gasteiger charge is 2.59. The van der Waals surface area contributed by atoms with Gasteiger partial charge in [0.05, 0.1) is 31.8 Å². The summed E-state index contributed by atoms with van der Waals surface area (Å²) < 4.78 is 16.4. The third kappa shape index (κ3) is 3.71. The average molecular weight is 526 g/mol. The van der Waals surface area contributed by atoms with Crippen LogP contribution in [0.4, 0.5) is 0 Å². The number of imide groups is 1. The van der Waals surface area contributed by atoms with Crippen LogP contribution in [0, 0.1) is 23.7 Å². The van der Waals surface area contributed by atoms with Gasteiger partial charge in [-0.2, -0.15) is 10.1 Å². The van der Waals surface area contributed by atoms with Gasteiger partial charge >= 0.3 is 5.97 Å². The van der Waals surface area contributed by atoms with E-state index in [0.29, 0.717) is 10.0 Å². The monoisotopic (exact) mass is 524 g/mol. The number of fused-ring (bicyclic) bond motifs is 5. The molecule has 1 aliphatic heterocycles. The normalized spacial score (nSPS) is 26.7. The van der Waals surface area contributed by atoms with Gasteiger partial charge in [0.2, 0.25) is 0 Å². The number of esters is 1. The second kappa shape index (κ2) is 8.86. The van der Waals surface area contributed by atoms with Gasteiger partial charge in [0, 0.05) is 10.0 Å². The fourth-order valence-corrected chi connectivity index (χ4v) is 5.21. The van der Waals surface area contributed by atoms with Crippen molar-refractivity contribution in [3.05, 3.63) is 33.3 Å². The number of allylic oxidation sites excluding steroid dienone is 2. The minimum Gasteiger partial charge on any atom is -0.493 e. The van der Waals surface area contributed by atoms with Crippen LogP contribution in [0.1, 0.15) is 25.8 Å². The minimum atomic E-state index is -0.906. The summed E-state index contributed by atoms with van der Waals surface area (Å²) in [5.41, 5.74) is 0.474. The quantitative estimate of drug-likeness (QED) is 0.234. The molecule has 3 aliphatic rings. The smallest absolute Gasteiger partial charge is 0.347 e. The zero-order valence-electron chi connectivity index (χ0n) is 17.7. The third-order valence-electron chi connectivity index (χ3n) is 6.05. The lowest BCUT2D eigenvalue weighted by Gasteiger charge is -2.18. The van der Waals surface area contributed by atoms with Crippen LogP contribution in [-0.2, 0) is 19.1 Å². The molecule has 0 aromatic heterocycles. The van der Waals surface area contributed by atoms with Crippen LogP contribution in [0.3, 0.4) is 0 Å². The van der Waals surface area contributed by atoms with Crippen molar-refractivity contribution in [3.8, 4) is 11.5 Å². The van der Waals surface area contributed by atoms with Gasteiger partial charge in [-0.3, -0.25) is 9.59 Å². The molecule has 4 rings (SSSR count). The van der Waals surface area contributed by atoms with E-state index in [-0.39, 0.29) is 58.6 Å². The molecule has 170 valence electrons. The Balaban J connectivity index is 1.58. The highest BCUT2D eigenvalue weighted by atomic mass is 79.9. The lowest BCUT2D eigenvalue weighted by molar-refractivity contribution is -0.150. The van der Waals surface area contributed by atoms with E-state index in [9.17, 15) is 14.4 Å². The number of hydrogen-bond donors (Lipinski definition) is 0. The first-order valence-electron chi connectivity index (χ1n) is 10.3. The van der Waals surface area contributed by atoms with Gasteiger partial charge in [-0.05, 0) is 54.1 Å². The number of benzene rings is 1. The molecular formula is C22H22BrClN2O6. The number of nitrogens with zero attached hydrogens (tertiary/aromatic N) is 2. The zero-order valence-corrected chi connectivity index (χ0v) is 20.1. The summed E-state index contributed by atoms with van der Waals surface area (Å²) in [6.45, 7) is 3.47. The fourth-order valence-electron chi connectivity index (χ4n) is 4.56. The fraction of sp³-hybridized carbons (Fsp3) is 0.455. The van der Waals surface area contributed by atoms with Gasteiger partial charge in [0.25, 0.3) is 11.8 Å². The Morgan fingerprint density at radius 2 is 1.94 bits per heavy atom. The second-order valence-electron chi connectivity index (χ2n) is 7.87. The van der Waals surface area contributed by atoms with E-state index in [0.717, 1.165) is 11.4 Å². The van der Waals surface area contributed by atoms with Gasteiger partial charge in [0.1, 0.15) is 5.02 Å². The molecule has 1 saturated heterocycles. The molecule has 0 spiro atoms. The SMILES string of the molecule is CCOC(=O)[C@@H](C)Oc1c(OC)cc(C=NN2C(=O)[C@@H]3[C@H](C2=O)[C@H]2C=C[C@H]3C2)c(Br)c1Cl. The van der Waals surface area contributed by atoms with E-state index in [1.165, 1.54) is 13.3 Å². The number of halogens is 2. The van der Waals surface area contributed by atoms with E-state index in [4.69, 9.17) is 25.8 Å². The average Bonchev–Trinajstić information content (AvgIpc) is 3.45. The minimum absolute atomic E-state index is 0.112. The van der Waals surface area contributed by atoms with E-state index < -0.39 is 12.1 Å². The first-order valence-corrected chi connectivity index (χ1v) is 11.4. The van der Waals surface area contributed by atoms with Crippen molar-refractivity contribution in [2.24, 2.45) is 28.8 Å². The Labute approximate surface area is 198 Å². The lowest BCUT2D eigenvalue weighted by Crippen LogP contribution is -2.28. The Hall–Kier alpha value is -2.39. The molecule has 1 aromatic carbocycles. The molecule has 2 amide bonds. The first kappa shape index (κ1) is 22.8. The number of methoxy groups -OCH3 is 1. The Morgan fingerprint density at radius 1 is 1.31 bits per heavy atom. The Kier molecular flexibility index (Phi) is 6.31. The number of hydrazone groups is 1. The molecule has 0 N–H and O–H groups in total. The number of hydrogen-bond acceptors (Lipinski definition) is 7. The number of carbonyl (C=O) groups excluding carboxylic acids is 3. The van der Waals surface area contributed by atoms with Crippen LogP contribution in [0.25, 0.3) is 0 Å². The molecule has 10 heteroatoms. The first-order chi connectivity index (χ1) is 15.3. The number of carbonyl (C=O) groups is 3. The van der Waals surface area contributed by atoms with Crippen LogP contribution in [0.2, 0.25) is 5.02 Å². The van der Waals surface area contributed by atoms with Crippen molar-refractivity contribution >= 4 is 51.5 Å². The molecule has 2 bridgehead atoms. The molecule has 2 aliphatic carbocycles. The number of rotatable bonds is 7. The molecule has 1 aromatic rings. The molecule has 8 nitrogen and oxygen atoms in total. The topological polar surface area (TPSA) is 94.5 Å². The standard InChI is InChI=1S/C22H22BrClN2O6/c1-4-31-22(29)10(2)32-19-14(30-3)8-13(17(23)18(19)24)9-25-26-20(27)15-11-5-6-12(7-11)16(15)21(26)28/h5-6,8-12,15-16H,4,7H2,1-3H3/t10-,11+,12+,15-,16+/m1/s1. The number of ether oxygens (including phenoxy) is 3. The Morgan fingerprint density at radius 3 is 2.50 bits per heavy atom. The molecule has 32 heavy (non-hydrogen) atoms. The van der Waals surface area contributed by atoms with Crippen molar-refractivity contribution in [3.63, 3.8) is 0 Å². The van der Waals surface area contributed by atoms with Gasteiger partial charge in [-0.1, -0.05) is 23.8 Å². The van der Waals surface area contributed by atoms with E-state index in [1.807, 2.05) is 12.2 Å². The van der Waals surface area contributed by atoms with E-state index in [1.54, 1.807) is 19.9 Å². The number of amides is 2. The van der Waals surface area contributed by atoms with Crippen molar-refractivity contribution < 1.29 is 28.6 Å². The molecule has 2 fully saturated rings. The third-order valence-corrected chi connectivity index (χ3v) is 7.49. The van der Waals surface area contributed by atoms with E-state index in [2.05, 4.69) is 21.0 Å². The van der Waals surface area contributed by atoms with Crippen molar-refractivity contribution in [2.45, 2.75) is 26.4 Å². The van der Waals surface area contributed by atoms with Gasteiger partial charge in [-0.25, -0.2) is 4.79 Å². The largest absolute Gasteiger partial charge is 0.493 e. The molecule has 5 atom stereocenters. The predicted molar refractivity (Wildman–Crippen MR) is 120 cm³/mol. The highest BCUT2D eigenvalue weighted by molar-refractivity contribution is 9.10. The van der Waals surface area contributed by atoms with Crippen molar-refractivity contribution in [2.75, 3.05) is 13.7 Å². The van der Waals surface area contributed by atoms with Crippen LogP contribution in [0.5, 0.6) is 11.5 Å². The lowest BCUT2D eigenvalue weighted by atomic mass is 9.85. The van der Waals surface area contributed by atoms with Crippen LogP contribution < -0.4 is 9.47 Å². The molecule has 0 radical (unpaired) electrons. The van der Waals surface area contributed by atoms with Crippen LogP contribution in [0.15, 0.2) is 27.8 Å². The second-order valence-corrected chi connectivity index (χ2v) is 9.04. The predicted octanol–water partition coefficient (Wildman–Crippen LogP) is 3.58. The summed E-state index contributed by atoms with van der Waals surface area (Å²) in [6.07, 6.45) is 5.39. The summed E-state index contributed by atoms with van der Waals surface area (Å²) in [5.74, 6) is -1.09. The maximum absolute atomic E-state index is 12.8. The van der Waals surface area contributed by atoms with Crippen LogP contribution >= 0.6 is 27.5 Å². The molecule has 0 unspecified atom stereocenters. The summed E-state index contributed by atoms with van der Waals surface area (Å²) in [4.78, 5) is 37.5. The maximum atomic E-state index is 12.8. The highest BCUT2D eigenvalue weighted by Crippen LogP contribution is 2.52. The maximum Gasteiger partial charge on any atom is 0.347 e. The zero-order chi connectivity index (χ0) is 23.2. The van der Waals surface area contributed by atoms with Gasteiger partial charge in [-0.15, -0.1) is 0 Å². The van der Waals surface area contributed by atoms with E-state index >= 15 is 0 Å². The van der Waals surface area contributed by atoms with Crippen molar-refractivity contribution in [1.29, 1.82) is 0 Å². The molecule has 1 saturated carbocycles. The van der Waals surface area contributed by atoms with Crippen molar-refractivity contribution in [1.82, 2.24) is 5.01 Å². The van der Waals surface area contributed by atoms with Gasteiger partial charge < -0.3 is 14.2 Å². The summed E-state index contributed by atoms with van der Waals surface area (Å²) in [6, 6.07) is 1.59.